The summed E-state index contributed by atoms with van der Waals surface area (Å²) in [5, 5.41) is -0.836. The van der Waals surface area contributed by atoms with Crippen LogP contribution in [0.1, 0.15) is 30.0 Å². The first kappa shape index (κ1) is 20.3. The monoisotopic (exact) mass is 359 g/mol. The molecule has 0 aliphatic rings. The second kappa shape index (κ2) is 7.02. The Bertz CT molecular complexity index is 485. The third-order valence-corrected chi connectivity index (χ3v) is 2.80. The maximum atomic E-state index is 13.6. The van der Waals surface area contributed by atoms with Crippen LogP contribution >= 0.6 is 24.0 Å². The summed E-state index contributed by atoms with van der Waals surface area (Å²) in [6.45, 7) is 0. The standard InChI is InChI=1S/C11H9ClF7N.ClH/c12-7-4-5(11(17,18)19)3-6(9(7)13)8(20)1-2-10(14,15)16;/h3-4,8H,1-2,20H2;1H/t8-;/m0./s1. The molecule has 1 aromatic rings. The Morgan fingerprint density at radius 2 is 1.62 bits per heavy atom. The van der Waals surface area contributed by atoms with Gasteiger partial charge in [-0.05, 0) is 18.6 Å². The van der Waals surface area contributed by atoms with Crippen LogP contribution < -0.4 is 5.73 Å². The van der Waals surface area contributed by atoms with Crippen molar-refractivity contribution < 1.29 is 30.7 Å². The van der Waals surface area contributed by atoms with Gasteiger partial charge in [-0.25, -0.2) is 4.39 Å². The second-order valence-corrected chi connectivity index (χ2v) is 4.53. The minimum Gasteiger partial charge on any atom is -0.324 e. The largest absolute Gasteiger partial charge is 0.416 e. The lowest BCUT2D eigenvalue weighted by atomic mass is 9.99. The number of halogens is 9. The van der Waals surface area contributed by atoms with Crippen molar-refractivity contribution in [2.75, 3.05) is 0 Å². The lowest BCUT2D eigenvalue weighted by Crippen LogP contribution is -2.18. The van der Waals surface area contributed by atoms with Crippen LogP contribution in [-0.2, 0) is 6.18 Å². The van der Waals surface area contributed by atoms with E-state index in [1.54, 1.807) is 0 Å². The molecule has 0 aliphatic carbocycles. The van der Waals surface area contributed by atoms with Gasteiger partial charge in [-0.15, -0.1) is 12.4 Å². The number of hydrogen-bond acceptors (Lipinski definition) is 1. The third kappa shape index (κ3) is 5.88. The molecule has 0 unspecified atom stereocenters. The van der Waals surface area contributed by atoms with E-state index in [9.17, 15) is 30.7 Å². The maximum absolute atomic E-state index is 13.6. The fraction of sp³-hybridized carbons (Fsp3) is 0.455. The molecule has 0 amide bonds. The molecule has 1 atom stereocenters. The van der Waals surface area contributed by atoms with E-state index in [-0.39, 0.29) is 12.4 Å². The fourth-order valence-corrected chi connectivity index (χ4v) is 1.75. The first-order valence-electron chi connectivity index (χ1n) is 5.30. The van der Waals surface area contributed by atoms with E-state index >= 15 is 0 Å². The molecule has 2 N–H and O–H groups in total. The summed E-state index contributed by atoms with van der Waals surface area (Å²) in [5.41, 5.74) is 3.37. The first-order chi connectivity index (χ1) is 8.92. The summed E-state index contributed by atoms with van der Waals surface area (Å²) in [6, 6.07) is -0.796. The van der Waals surface area contributed by atoms with Crippen LogP contribution in [0.15, 0.2) is 12.1 Å². The van der Waals surface area contributed by atoms with Gasteiger partial charge in [0.15, 0.2) is 0 Å². The average molecular weight is 360 g/mol. The minimum atomic E-state index is -4.80. The predicted octanol–water partition coefficient (Wildman–Crippen LogP) is 5.26. The Hall–Kier alpha value is -0.730. The highest BCUT2D eigenvalue weighted by Crippen LogP contribution is 2.36. The van der Waals surface area contributed by atoms with Crippen LogP contribution in [0.25, 0.3) is 0 Å². The average Bonchev–Trinajstić information content (AvgIpc) is 2.27. The molecule has 0 spiro atoms. The van der Waals surface area contributed by atoms with Gasteiger partial charge >= 0.3 is 12.4 Å². The summed E-state index contributed by atoms with van der Waals surface area (Å²) in [5.74, 6) is -1.24. The van der Waals surface area contributed by atoms with E-state index < -0.39 is 53.2 Å². The summed E-state index contributed by atoms with van der Waals surface area (Å²) >= 11 is 5.31. The van der Waals surface area contributed by atoms with Crippen molar-refractivity contribution in [3.63, 3.8) is 0 Å². The van der Waals surface area contributed by atoms with Crippen LogP contribution in [0.2, 0.25) is 5.02 Å². The van der Waals surface area contributed by atoms with Crippen molar-refractivity contribution in [3.8, 4) is 0 Å². The number of alkyl halides is 6. The zero-order chi connectivity index (χ0) is 15.7. The molecule has 0 saturated carbocycles. The maximum Gasteiger partial charge on any atom is 0.416 e. The highest BCUT2D eigenvalue weighted by Gasteiger charge is 2.34. The van der Waals surface area contributed by atoms with Gasteiger partial charge in [-0.1, -0.05) is 11.6 Å². The molecule has 21 heavy (non-hydrogen) atoms. The topological polar surface area (TPSA) is 26.0 Å². The zero-order valence-corrected chi connectivity index (χ0v) is 11.7. The van der Waals surface area contributed by atoms with E-state index in [1.165, 1.54) is 0 Å². The molecule has 0 radical (unpaired) electrons. The molecule has 0 saturated heterocycles. The summed E-state index contributed by atoms with van der Waals surface area (Å²) < 4.78 is 87.2. The number of nitrogens with two attached hydrogens (primary N) is 1. The van der Waals surface area contributed by atoms with Gasteiger partial charge in [0, 0.05) is 18.0 Å². The normalized spacial score (nSPS) is 13.8. The van der Waals surface area contributed by atoms with Gasteiger partial charge in [0.1, 0.15) is 5.82 Å². The quantitative estimate of drug-likeness (QED) is 0.731. The third-order valence-electron chi connectivity index (χ3n) is 2.52. The van der Waals surface area contributed by atoms with Crippen molar-refractivity contribution in [1.82, 2.24) is 0 Å². The highest BCUT2D eigenvalue weighted by molar-refractivity contribution is 6.30. The molecule has 1 nitrogen and oxygen atoms in total. The summed E-state index contributed by atoms with van der Waals surface area (Å²) in [6.07, 6.45) is -11.4. The molecule has 122 valence electrons. The van der Waals surface area contributed by atoms with Crippen LogP contribution in [0, 0.1) is 5.82 Å². The predicted molar refractivity (Wildman–Crippen MR) is 65.9 cm³/mol. The Kier molecular flexibility index (Phi) is 6.78. The molecule has 0 fully saturated rings. The van der Waals surface area contributed by atoms with Crippen molar-refractivity contribution >= 4 is 24.0 Å². The minimum absolute atomic E-state index is 0. The lowest BCUT2D eigenvalue weighted by molar-refractivity contribution is -0.138. The molecule has 0 aromatic heterocycles. The van der Waals surface area contributed by atoms with Gasteiger partial charge in [0.2, 0.25) is 0 Å². The molecular formula is C11H10Cl2F7N. The van der Waals surface area contributed by atoms with E-state index in [0.717, 1.165) is 0 Å². The highest BCUT2D eigenvalue weighted by atomic mass is 35.5. The molecule has 1 aromatic carbocycles. The molecule has 10 heteroatoms. The van der Waals surface area contributed by atoms with Crippen molar-refractivity contribution in [3.05, 3.63) is 34.1 Å². The summed E-state index contributed by atoms with van der Waals surface area (Å²) in [7, 11) is 0. The fourth-order valence-electron chi connectivity index (χ4n) is 1.52. The molecule has 0 bridgehead atoms. The number of hydrogen-bond donors (Lipinski definition) is 1. The van der Waals surface area contributed by atoms with Gasteiger partial charge in [0.05, 0.1) is 10.6 Å². The van der Waals surface area contributed by atoms with Crippen LogP contribution in [0.4, 0.5) is 30.7 Å². The number of benzene rings is 1. The van der Waals surface area contributed by atoms with Crippen LogP contribution in [0.5, 0.6) is 0 Å². The second-order valence-electron chi connectivity index (χ2n) is 4.12. The molecule has 0 heterocycles. The van der Waals surface area contributed by atoms with E-state index in [1.807, 2.05) is 0 Å². The Morgan fingerprint density at radius 1 is 1.10 bits per heavy atom. The van der Waals surface area contributed by atoms with Crippen molar-refractivity contribution in [2.45, 2.75) is 31.2 Å². The number of rotatable bonds is 3. The van der Waals surface area contributed by atoms with E-state index in [2.05, 4.69) is 0 Å². The van der Waals surface area contributed by atoms with Crippen LogP contribution in [-0.4, -0.2) is 6.18 Å². The van der Waals surface area contributed by atoms with Crippen molar-refractivity contribution in [1.29, 1.82) is 0 Å². The smallest absolute Gasteiger partial charge is 0.324 e. The van der Waals surface area contributed by atoms with E-state index in [4.69, 9.17) is 17.3 Å². The van der Waals surface area contributed by atoms with Crippen LogP contribution in [0.3, 0.4) is 0 Å². The molecular weight excluding hydrogens is 350 g/mol. The Morgan fingerprint density at radius 3 is 2.05 bits per heavy atom. The first-order valence-corrected chi connectivity index (χ1v) is 5.68. The van der Waals surface area contributed by atoms with Gasteiger partial charge in [-0.3, -0.25) is 0 Å². The van der Waals surface area contributed by atoms with Crippen molar-refractivity contribution in [2.24, 2.45) is 5.73 Å². The Balaban J connectivity index is 0.00000400. The summed E-state index contributed by atoms with van der Waals surface area (Å²) in [4.78, 5) is 0. The van der Waals surface area contributed by atoms with E-state index in [0.29, 0.717) is 12.1 Å². The molecule has 1 rings (SSSR count). The zero-order valence-electron chi connectivity index (χ0n) is 10.2. The van der Waals surface area contributed by atoms with Gasteiger partial charge < -0.3 is 5.73 Å². The lowest BCUT2D eigenvalue weighted by Gasteiger charge is -2.17. The molecule has 0 aliphatic heterocycles. The SMILES string of the molecule is Cl.N[C@@H](CCC(F)(F)F)c1cc(C(F)(F)F)cc(Cl)c1F. The van der Waals surface area contributed by atoms with Gasteiger partial charge in [-0.2, -0.15) is 26.3 Å². The Labute approximate surface area is 126 Å². The van der Waals surface area contributed by atoms with Gasteiger partial charge in [0.25, 0.3) is 0 Å².